The first-order chi connectivity index (χ1) is 10.7. The van der Waals surface area contributed by atoms with E-state index in [0.29, 0.717) is 13.2 Å². The largest absolute Gasteiger partial charge is 0.633 e. The Morgan fingerprint density at radius 1 is 1.00 bits per heavy atom. The van der Waals surface area contributed by atoms with Crippen LogP contribution in [0.15, 0.2) is 41.1 Å². The molecule has 3 nitrogen and oxygen atoms in total. The van der Waals surface area contributed by atoms with Gasteiger partial charge in [0.25, 0.3) is 0 Å². The maximum absolute atomic E-state index is 12.4. The van der Waals surface area contributed by atoms with Crippen molar-refractivity contribution in [1.82, 2.24) is 0 Å². The van der Waals surface area contributed by atoms with Crippen LogP contribution in [0, 0.1) is 5.21 Å². The van der Waals surface area contributed by atoms with E-state index in [1.54, 1.807) is 11.3 Å². The molecule has 0 saturated carbocycles. The molecule has 0 aliphatic carbocycles. The molecule has 1 aromatic carbocycles. The topological polar surface area (TPSA) is 32.3 Å². The lowest BCUT2D eigenvalue weighted by Gasteiger charge is -2.45. The van der Waals surface area contributed by atoms with Gasteiger partial charge in [-0.25, -0.2) is 0 Å². The predicted octanol–water partition coefficient (Wildman–Crippen LogP) is 4.22. The van der Waals surface area contributed by atoms with Gasteiger partial charge in [0.1, 0.15) is 18.9 Å². The Hall–Kier alpha value is -1.36. The zero-order valence-electron chi connectivity index (χ0n) is 12.9. The first-order valence-corrected chi connectivity index (χ1v) is 8.98. The highest BCUT2D eigenvalue weighted by atomic mass is 32.1. The van der Waals surface area contributed by atoms with Crippen molar-refractivity contribution >= 4 is 11.3 Å². The van der Waals surface area contributed by atoms with E-state index < -0.39 is 0 Å². The molecule has 0 atom stereocenters. The number of ether oxygens (including phenoxy) is 1. The number of quaternary nitrogens is 1. The van der Waals surface area contributed by atoms with Crippen LogP contribution in [-0.2, 0) is 6.42 Å². The molecule has 0 radical (unpaired) electrons. The summed E-state index contributed by atoms with van der Waals surface area (Å²) >= 11 is 1.73. The molecular weight excluding hydrogens is 294 g/mol. The fraction of sp³-hybridized carbons (Fsp3) is 0.444. The zero-order chi connectivity index (χ0) is 15.3. The summed E-state index contributed by atoms with van der Waals surface area (Å²) in [6.45, 7) is 2.58. The number of benzene rings is 1. The molecule has 0 spiro atoms. The molecule has 1 aliphatic heterocycles. The second kappa shape index (κ2) is 7.27. The van der Waals surface area contributed by atoms with Gasteiger partial charge in [-0.2, -0.15) is 11.3 Å². The highest BCUT2D eigenvalue weighted by Gasteiger charge is 2.20. The minimum atomic E-state index is -0.0732. The molecule has 0 amide bonds. The summed E-state index contributed by atoms with van der Waals surface area (Å²) in [4.78, 5) is 0. The number of hydrogen-bond donors (Lipinski definition) is 0. The molecule has 4 heteroatoms. The van der Waals surface area contributed by atoms with Crippen LogP contribution >= 0.6 is 11.3 Å². The molecule has 2 heterocycles. The fourth-order valence-electron chi connectivity index (χ4n) is 2.97. The van der Waals surface area contributed by atoms with Crippen LogP contribution in [0.1, 0.15) is 30.4 Å². The normalized spacial score (nSPS) is 17.3. The molecule has 0 N–H and O–H groups in total. The quantitative estimate of drug-likeness (QED) is 0.590. The molecule has 1 fully saturated rings. The summed E-state index contributed by atoms with van der Waals surface area (Å²) in [6, 6.07) is 10.4. The van der Waals surface area contributed by atoms with Crippen LogP contribution in [0.4, 0.5) is 0 Å². The van der Waals surface area contributed by atoms with Crippen molar-refractivity contribution < 1.29 is 9.38 Å². The number of hydrogen-bond acceptors (Lipinski definition) is 3. The minimum absolute atomic E-state index is 0.0732. The lowest BCUT2D eigenvalue weighted by atomic mass is 10.1. The highest BCUT2D eigenvalue weighted by molar-refractivity contribution is 7.07. The van der Waals surface area contributed by atoms with E-state index in [1.165, 1.54) is 17.5 Å². The van der Waals surface area contributed by atoms with Gasteiger partial charge in [-0.1, -0.05) is 12.1 Å². The van der Waals surface area contributed by atoms with Gasteiger partial charge in [0.2, 0.25) is 0 Å². The van der Waals surface area contributed by atoms with E-state index in [-0.39, 0.29) is 4.65 Å². The Morgan fingerprint density at radius 2 is 1.77 bits per heavy atom. The summed E-state index contributed by atoms with van der Waals surface area (Å²) in [6.07, 6.45) is 4.28. The van der Waals surface area contributed by atoms with Gasteiger partial charge in [-0.15, -0.1) is 0 Å². The monoisotopic (exact) mass is 317 g/mol. The van der Waals surface area contributed by atoms with Crippen molar-refractivity contribution in [3.05, 3.63) is 57.4 Å². The van der Waals surface area contributed by atoms with Crippen LogP contribution in [0.2, 0.25) is 0 Å². The Morgan fingerprint density at radius 3 is 2.45 bits per heavy atom. The van der Waals surface area contributed by atoms with E-state index in [2.05, 4.69) is 29.0 Å². The Kier molecular flexibility index (Phi) is 5.13. The molecule has 1 aromatic heterocycles. The van der Waals surface area contributed by atoms with Crippen LogP contribution < -0.4 is 4.74 Å². The number of likely N-dealkylation sites (tertiary alicyclic amines) is 1. The Labute approximate surface area is 136 Å². The van der Waals surface area contributed by atoms with Crippen molar-refractivity contribution in [2.24, 2.45) is 0 Å². The van der Waals surface area contributed by atoms with E-state index in [4.69, 9.17) is 4.74 Å². The van der Waals surface area contributed by atoms with Crippen molar-refractivity contribution in [2.75, 3.05) is 26.2 Å². The number of nitrogens with zero attached hydrogens (tertiary/aromatic N) is 1. The van der Waals surface area contributed by atoms with Crippen molar-refractivity contribution in [1.29, 1.82) is 0 Å². The fourth-order valence-corrected chi connectivity index (χ4v) is 3.64. The van der Waals surface area contributed by atoms with Crippen LogP contribution in [0.5, 0.6) is 5.75 Å². The maximum atomic E-state index is 12.4. The molecule has 1 aliphatic rings. The molecule has 22 heavy (non-hydrogen) atoms. The Balaban J connectivity index is 1.46. The summed E-state index contributed by atoms with van der Waals surface area (Å²) in [7, 11) is 0. The van der Waals surface area contributed by atoms with Crippen molar-refractivity contribution in [3.8, 4) is 5.75 Å². The van der Waals surface area contributed by atoms with Gasteiger partial charge < -0.3 is 14.6 Å². The average molecular weight is 317 g/mol. The SMILES string of the molecule is [O-][N+]1(CCOc2ccc(Cc3ccsc3)cc2)CCCCC1. The van der Waals surface area contributed by atoms with E-state index in [1.807, 2.05) is 12.1 Å². The Bertz CT molecular complexity index is 559. The van der Waals surface area contributed by atoms with E-state index >= 15 is 0 Å². The van der Waals surface area contributed by atoms with Gasteiger partial charge in [0, 0.05) is 0 Å². The third-order valence-corrected chi connectivity index (χ3v) is 5.04. The second-order valence-corrected chi connectivity index (χ2v) is 6.87. The lowest BCUT2D eigenvalue weighted by Crippen LogP contribution is -2.48. The molecule has 1 saturated heterocycles. The van der Waals surface area contributed by atoms with Gasteiger partial charge in [-0.05, 0) is 65.8 Å². The first kappa shape index (κ1) is 15.5. The average Bonchev–Trinajstić information content (AvgIpc) is 3.03. The third-order valence-electron chi connectivity index (χ3n) is 4.31. The van der Waals surface area contributed by atoms with E-state index in [9.17, 15) is 5.21 Å². The highest BCUT2D eigenvalue weighted by Crippen LogP contribution is 2.19. The maximum Gasteiger partial charge on any atom is 0.137 e. The third kappa shape index (κ3) is 4.32. The summed E-state index contributed by atoms with van der Waals surface area (Å²) in [5.74, 6) is 0.859. The minimum Gasteiger partial charge on any atom is -0.633 e. The lowest BCUT2D eigenvalue weighted by molar-refractivity contribution is -0.885. The van der Waals surface area contributed by atoms with Crippen LogP contribution in [-0.4, -0.2) is 30.9 Å². The first-order valence-electron chi connectivity index (χ1n) is 8.03. The predicted molar refractivity (Wildman–Crippen MR) is 91.1 cm³/mol. The van der Waals surface area contributed by atoms with Gasteiger partial charge in [-0.3, -0.25) is 0 Å². The smallest absolute Gasteiger partial charge is 0.137 e. The standard InChI is InChI=1S/C18H23NO2S/c20-19(9-2-1-3-10-19)11-12-21-18-6-4-16(5-7-18)14-17-8-13-22-15-17/h4-8,13,15H,1-3,9-12,14H2. The van der Waals surface area contributed by atoms with Crippen molar-refractivity contribution in [2.45, 2.75) is 25.7 Å². The molecule has 118 valence electrons. The number of piperidine rings is 1. The molecule has 0 unspecified atom stereocenters. The summed E-state index contributed by atoms with van der Waals surface area (Å²) in [5.41, 5.74) is 2.63. The number of thiophene rings is 1. The zero-order valence-corrected chi connectivity index (χ0v) is 13.7. The molecular formula is C18H23NO2S. The molecule has 2 aromatic rings. The number of hydroxylamine groups is 3. The van der Waals surface area contributed by atoms with Gasteiger partial charge in [0.15, 0.2) is 0 Å². The van der Waals surface area contributed by atoms with E-state index in [0.717, 1.165) is 38.1 Å². The van der Waals surface area contributed by atoms with Crippen molar-refractivity contribution in [3.63, 3.8) is 0 Å². The molecule has 3 rings (SSSR count). The van der Waals surface area contributed by atoms with Crippen LogP contribution in [0.25, 0.3) is 0 Å². The summed E-state index contributed by atoms with van der Waals surface area (Å²) < 4.78 is 5.68. The summed E-state index contributed by atoms with van der Waals surface area (Å²) in [5, 5.41) is 16.7. The van der Waals surface area contributed by atoms with Gasteiger partial charge in [0.05, 0.1) is 13.1 Å². The van der Waals surface area contributed by atoms with Crippen LogP contribution in [0.3, 0.4) is 0 Å². The van der Waals surface area contributed by atoms with Gasteiger partial charge >= 0.3 is 0 Å². The second-order valence-electron chi connectivity index (χ2n) is 6.09. The number of rotatable bonds is 6. The molecule has 0 bridgehead atoms.